The van der Waals surface area contributed by atoms with Crippen LogP contribution in [-0.4, -0.2) is 9.97 Å². The third-order valence-electron chi connectivity index (χ3n) is 2.27. The minimum absolute atomic E-state index is 0.605. The molecule has 0 unspecified atom stereocenters. The third kappa shape index (κ3) is 1.38. The fourth-order valence-corrected chi connectivity index (χ4v) is 1.55. The van der Waals surface area contributed by atoms with Gasteiger partial charge in [-0.3, -0.25) is 4.98 Å². The van der Waals surface area contributed by atoms with E-state index >= 15 is 0 Å². The van der Waals surface area contributed by atoms with Crippen LogP contribution in [0.1, 0.15) is 0 Å². The minimum Gasteiger partial charge on any atom is -0.444 e. The zero-order chi connectivity index (χ0) is 10.1. The number of pyridine rings is 1. The third-order valence-corrected chi connectivity index (χ3v) is 2.27. The van der Waals surface area contributed by atoms with Gasteiger partial charge >= 0.3 is 0 Å². The van der Waals surface area contributed by atoms with Gasteiger partial charge in [-0.25, -0.2) is 4.98 Å². The molecule has 2 aromatic heterocycles. The van der Waals surface area contributed by atoms with E-state index in [4.69, 9.17) is 4.42 Å². The molecule has 2 heterocycles. The summed E-state index contributed by atoms with van der Waals surface area (Å²) in [6.45, 7) is 0. The second kappa shape index (κ2) is 3.20. The first kappa shape index (κ1) is 8.17. The van der Waals surface area contributed by atoms with Crippen LogP contribution in [0.15, 0.2) is 53.4 Å². The number of hydrogen-bond donors (Lipinski definition) is 0. The quantitative estimate of drug-likeness (QED) is 0.600. The molecule has 0 saturated carbocycles. The largest absolute Gasteiger partial charge is 0.444 e. The summed E-state index contributed by atoms with van der Waals surface area (Å²) in [5, 5.41) is 1.09. The van der Waals surface area contributed by atoms with Crippen molar-refractivity contribution in [1.82, 2.24) is 9.97 Å². The Morgan fingerprint density at radius 1 is 1.07 bits per heavy atom. The number of oxazole rings is 1. The first-order chi connectivity index (χ1) is 7.43. The van der Waals surface area contributed by atoms with Gasteiger partial charge in [0.05, 0.1) is 17.3 Å². The highest BCUT2D eigenvalue weighted by Crippen LogP contribution is 2.20. The van der Waals surface area contributed by atoms with Gasteiger partial charge in [-0.1, -0.05) is 18.2 Å². The van der Waals surface area contributed by atoms with Gasteiger partial charge in [0.1, 0.15) is 6.26 Å². The van der Waals surface area contributed by atoms with Gasteiger partial charge in [0, 0.05) is 11.6 Å². The lowest BCUT2D eigenvalue weighted by Gasteiger charge is -1.98. The van der Waals surface area contributed by atoms with Crippen molar-refractivity contribution in [3.05, 3.63) is 49.0 Å². The molecule has 0 saturated heterocycles. The first-order valence-corrected chi connectivity index (χ1v) is 4.68. The maximum Gasteiger partial charge on any atom is 0.227 e. The van der Waals surface area contributed by atoms with E-state index in [1.165, 1.54) is 0 Å². The summed E-state index contributed by atoms with van der Waals surface area (Å²) < 4.78 is 5.22. The molecule has 72 valence electrons. The van der Waals surface area contributed by atoms with Crippen LogP contribution in [0.2, 0.25) is 0 Å². The van der Waals surface area contributed by atoms with E-state index in [0.29, 0.717) is 5.89 Å². The summed E-state index contributed by atoms with van der Waals surface area (Å²) in [5.41, 5.74) is 1.88. The zero-order valence-electron chi connectivity index (χ0n) is 7.92. The molecule has 3 rings (SSSR count). The molecule has 0 aliphatic carbocycles. The molecule has 0 bridgehead atoms. The average Bonchev–Trinajstić information content (AvgIpc) is 2.82. The molecule has 0 atom stereocenters. The Labute approximate surface area is 86.4 Å². The maximum atomic E-state index is 5.22. The topological polar surface area (TPSA) is 38.9 Å². The Hall–Kier alpha value is -2.16. The number of hydrogen-bond acceptors (Lipinski definition) is 3. The summed E-state index contributed by atoms with van der Waals surface area (Å²) in [7, 11) is 0. The second-order valence-electron chi connectivity index (χ2n) is 3.25. The minimum atomic E-state index is 0.605. The van der Waals surface area contributed by atoms with Gasteiger partial charge in [0.2, 0.25) is 5.89 Å². The number of rotatable bonds is 1. The van der Waals surface area contributed by atoms with Crippen molar-refractivity contribution in [2.45, 2.75) is 0 Å². The van der Waals surface area contributed by atoms with Gasteiger partial charge in [-0.05, 0) is 12.1 Å². The van der Waals surface area contributed by atoms with E-state index in [0.717, 1.165) is 16.5 Å². The van der Waals surface area contributed by atoms with E-state index in [9.17, 15) is 0 Å². The maximum absolute atomic E-state index is 5.22. The van der Waals surface area contributed by atoms with Crippen LogP contribution in [0, 0.1) is 0 Å². The molecule has 3 aromatic rings. The molecular weight excluding hydrogens is 188 g/mol. The van der Waals surface area contributed by atoms with E-state index in [-0.39, 0.29) is 0 Å². The lowest BCUT2D eigenvalue weighted by molar-refractivity contribution is 0.574. The van der Waals surface area contributed by atoms with E-state index in [1.807, 2.05) is 30.3 Å². The van der Waals surface area contributed by atoms with Crippen LogP contribution in [0.3, 0.4) is 0 Å². The Bertz CT molecular complexity index is 587. The lowest BCUT2D eigenvalue weighted by atomic mass is 10.1. The standard InChI is InChI=1S/C12H8N2O/c1-2-4-11-9(3-1)7-10(8-14-11)12-13-5-6-15-12/h1-8H. The Kier molecular flexibility index (Phi) is 1.75. The van der Waals surface area contributed by atoms with Gasteiger partial charge in [0.25, 0.3) is 0 Å². The Balaban J connectivity index is 2.22. The monoisotopic (exact) mass is 196 g/mol. The summed E-state index contributed by atoms with van der Waals surface area (Å²) in [4.78, 5) is 8.42. The molecule has 0 aliphatic heterocycles. The predicted octanol–water partition coefficient (Wildman–Crippen LogP) is 2.89. The number of benzene rings is 1. The highest BCUT2D eigenvalue weighted by atomic mass is 16.3. The molecule has 0 N–H and O–H groups in total. The molecule has 15 heavy (non-hydrogen) atoms. The van der Waals surface area contributed by atoms with Crippen LogP contribution >= 0.6 is 0 Å². The number of para-hydroxylation sites is 1. The van der Waals surface area contributed by atoms with Crippen molar-refractivity contribution in [2.24, 2.45) is 0 Å². The summed E-state index contributed by atoms with van der Waals surface area (Å²) in [6.07, 6.45) is 4.96. The van der Waals surface area contributed by atoms with Crippen molar-refractivity contribution < 1.29 is 4.42 Å². The van der Waals surface area contributed by atoms with Crippen molar-refractivity contribution in [1.29, 1.82) is 0 Å². The van der Waals surface area contributed by atoms with Gasteiger partial charge in [-0.15, -0.1) is 0 Å². The Morgan fingerprint density at radius 3 is 2.87 bits per heavy atom. The zero-order valence-corrected chi connectivity index (χ0v) is 7.92. The smallest absolute Gasteiger partial charge is 0.227 e. The summed E-state index contributed by atoms with van der Waals surface area (Å²) in [5.74, 6) is 0.605. The number of fused-ring (bicyclic) bond motifs is 1. The van der Waals surface area contributed by atoms with Crippen LogP contribution in [-0.2, 0) is 0 Å². The van der Waals surface area contributed by atoms with Crippen molar-refractivity contribution in [2.75, 3.05) is 0 Å². The predicted molar refractivity (Wildman–Crippen MR) is 57.2 cm³/mol. The van der Waals surface area contributed by atoms with Gasteiger partial charge < -0.3 is 4.42 Å². The van der Waals surface area contributed by atoms with Crippen LogP contribution in [0.4, 0.5) is 0 Å². The second-order valence-corrected chi connectivity index (χ2v) is 3.25. The van der Waals surface area contributed by atoms with Crippen LogP contribution in [0.5, 0.6) is 0 Å². The van der Waals surface area contributed by atoms with E-state index in [2.05, 4.69) is 9.97 Å². The first-order valence-electron chi connectivity index (χ1n) is 4.68. The molecule has 3 nitrogen and oxygen atoms in total. The van der Waals surface area contributed by atoms with Crippen molar-refractivity contribution in [3.8, 4) is 11.5 Å². The molecule has 0 spiro atoms. The van der Waals surface area contributed by atoms with Crippen molar-refractivity contribution >= 4 is 10.9 Å². The van der Waals surface area contributed by atoms with Gasteiger partial charge in [0.15, 0.2) is 0 Å². The highest BCUT2D eigenvalue weighted by molar-refractivity contribution is 5.81. The summed E-state index contributed by atoms with van der Waals surface area (Å²) in [6, 6.07) is 9.99. The molecule has 0 aliphatic rings. The SMILES string of the molecule is c1ccc2ncc(-c3ncco3)cc2c1. The molecule has 0 radical (unpaired) electrons. The fraction of sp³-hybridized carbons (Fsp3) is 0. The molecule has 3 heteroatoms. The summed E-state index contributed by atoms with van der Waals surface area (Å²) >= 11 is 0. The molecule has 0 amide bonds. The van der Waals surface area contributed by atoms with Crippen LogP contribution in [0.25, 0.3) is 22.4 Å². The average molecular weight is 196 g/mol. The molecule has 1 aromatic carbocycles. The van der Waals surface area contributed by atoms with Gasteiger partial charge in [-0.2, -0.15) is 0 Å². The Morgan fingerprint density at radius 2 is 2.00 bits per heavy atom. The van der Waals surface area contributed by atoms with Crippen molar-refractivity contribution in [3.63, 3.8) is 0 Å². The normalized spacial score (nSPS) is 10.7. The van der Waals surface area contributed by atoms with E-state index < -0.39 is 0 Å². The van der Waals surface area contributed by atoms with E-state index in [1.54, 1.807) is 18.7 Å². The number of nitrogens with zero attached hydrogens (tertiary/aromatic N) is 2. The lowest BCUT2D eigenvalue weighted by Crippen LogP contribution is -1.82. The van der Waals surface area contributed by atoms with Crippen LogP contribution < -0.4 is 0 Å². The molecule has 0 fully saturated rings. The highest BCUT2D eigenvalue weighted by Gasteiger charge is 2.03. The number of aromatic nitrogens is 2. The molecular formula is C12H8N2O. The fourth-order valence-electron chi connectivity index (χ4n) is 1.55.